The number of rotatable bonds is 1. The van der Waals surface area contributed by atoms with Crippen molar-refractivity contribution in [2.24, 2.45) is 10.9 Å². The lowest BCUT2D eigenvalue weighted by molar-refractivity contribution is -0.142. The molecule has 0 saturated heterocycles. The van der Waals surface area contributed by atoms with E-state index in [4.69, 9.17) is 0 Å². The summed E-state index contributed by atoms with van der Waals surface area (Å²) in [5.41, 5.74) is 0. The number of ether oxygens (including phenoxy) is 1. The molecule has 3 heteroatoms. The Morgan fingerprint density at radius 1 is 1.89 bits per heavy atom. The van der Waals surface area contributed by atoms with Gasteiger partial charge in [0.1, 0.15) is 0 Å². The molecule has 0 aromatic carbocycles. The van der Waals surface area contributed by atoms with Gasteiger partial charge in [0.25, 0.3) is 0 Å². The highest BCUT2D eigenvalue weighted by Crippen LogP contribution is 2.08. The van der Waals surface area contributed by atoms with Crippen molar-refractivity contribution in [3.63, 3.8) is 0 Å². The molecule has 1 aliphatic rings. The largest absolute Gasteiger partial charge is 0.469 e. The summed E-state index contributed by atoms with van der Waals surface area (Å²) < 4.78 is 4.50. The number of carbonyl (C=O) groups is 1. The fraction of sp³-hybridized carbons (Fsp3) is 0.667. The van der Waals surface area contributed by atoms with Gasteiger partial charge >= 0.3 is 5.97 Å². The number of nitrogens with zero attached hydrogens (tertiary/aromatic N) is 1. The Labute approximate surface area is 53.7 Å². The third-order valence-corrected chi connectivity index (χ3v) is 1.36. The summed E-state index contributed by atoms with van der Waals surface area (Å²) in [5, 5.41) is 0. The van der Waals surface area contributed by atoms with Gasteiger partial charge in [0, 0.05) is 12.8 Å². The average Bonchev–Trinajstić information content (AvgIpc) is 2.37. The molecule has 1 atom stereocenters. The van der Waals surface area contributed by atoms with Crippen LogP contribution in [0.4, 0.5) is 0 Å². The molecular formula is C6H9NO2. The van der Waals surface area contributed by atoms with Gasteiger partial charge in [0.2, 0.25) is 0 Å². The molecule has 0 aromatic heterocycles. The van der Waals surface area contributed by atoms with E-state index in [2.05, 4.69) is 9.73 Å². The topological polar surface area (TPSA) is 38.7 Å². The van der Waals surface area contributed by atoms with Crippen molar-refractivity contribution in [2.45, 2.75) is 6.42 Å². The highest BCUT2D eigenvalue weighted by atomic mass is 16.5. The van der Waals surface area contributed by atoms with Gasteiger partial charge in [-0.15, -0.1) is 0 Å². The Bertz CT molecular complexity index is 142. The average molecular weight is 127 g/mol. The summed E-state index contributed by atoms with van der Waals surface area (Å²) >= 11 is 0. The Balaban J connectivity index is 2.43. The normalized spacial score (nSPS) is 24.3. The predicted molar refractivity (Wildman–Crippen MR) is 33.5 cm³/mol. The van der Waals surface area contributed by atoms with Crippen molar-refractivity contribution in [2.75, 3.05) is 13.7 Å². The van der Waals surface area contributed by atoms with Crippen LogP contribution in [0, 0.1) is 5.92 Å². The summed E-state index contributed by atoms with van der Waals surface area (Å²) in [6.45, 7) is 0.764. The SMILES string of the molecule is COC(=O)C1C=NCC1. The second-order valence-corrected chi connectivity index (χ2v) is 1.97. The highest BCUT2D eigenvalue weighted by Gasteiger charge is 2.18. The minimum atomic E-state index is -0.170. The maximum atomic E-state index is 10.7. The molecule has 0 saturated carbocycles. The standard InChI is InChI=1S/C6H9NO2/c1-9-6(8)5-2-3-7-4-5/h4-5H,2-3H2,1H3. The fourth-order valence-electron chi connectivity index (χ4n) is 0.820. The lowest BCUT2D eigenvalue weighted by Gasteiger charge is -2.00. The minimum Gasteiger partial charge on any atom is -0.469 e. The molecule has 0 aromatic rings. The molecule has 0 amide bonds. The van der Waals surface area contributed by atoms with Crippen LogP contribution in [0.3, 0.4) is 0 Å². The second-order valence-electron chi connectivity index (χ2n) is 1.97. The van der Waals surface area contributed by atoms with E-state index >= 15 is 0 Å². The van der Waals surface area contributed by atoms with Gasteiger partial charge in [0.15, 0.2) is 0 Å². The predicted octanol–water partition coefficient (Wildman–Crippen LogP) is 0.250. The Kier molecular flexibility index (Phi) is 1.82. The van der Waals surface area contributed by atoms with Crippen LogP contribution in [0.5, 0.6) is 0 Å². The van der Waals surface area contributed by atoms with E-state index in [9.17, 15) is 4.79 Å². The molecule has 0 fully saturated rings. The fourth-order valence-corrected chi connectivity index (χ4v) is 0.820. The highest BCUT2D eigenvalue weighted by molar-refractivity contribution is 5.90. The van der Waals surface area contributed by atoms with Gasteiger partial charge in [-0.3, -0.25) is 9.79 Å². The Morgan fingerprint density at radius 3 is 3.11 bits per heavy atom. The van der Waals surface area contributed by atoms with Crippen LogP contribution >= 0.6 is 0 Å². The van der Waals surface area contributed by atoms with Crippen LogP contribution in [0.2, 0.25) is 0 Å². The van der Waals surface area contributed by atoms with Crippen molar-refractivity contribution in [1.82, 2.24) is 0 Å². The van der Waals surface area contributed by atoms with Gasteiger partial charge in [0.05, 0.1) is 13.0 Å². The van der Waals surface area contributed by atoms with Crippen molar-refractivity contribution >= 4 is 12.2 Å². The van der Waals surface area contributed by atoms with E-state index in [0.717, 1.165) is 13.0 Å². The third-order valence-electron chi connectivity index (χ3n) is 1.36. The molecule has 0 radical (unpaired) electrons. The van der Waals surface area contributed by atoms with Gasteiger partial charge in [-0.2, -0.15) is 0 Å². The second kappa shape index (κ2) is 2.62. The first kappa shape index (κ1) is 6.26. The van der Waals surface area contributed by atoms with Gasteiger partial charge in [-0.05, 0) is 6.42 Å². The van der Waals surface area contributed by atoms with Crippen molar-refractivity contribution < 1.29 is 9.53 Å². The number of hydrogen-bond donors (Lipinski definition) is 0. The molecule has 1 aliphatic heterocycles. The van der Waals surface area contributed by atoms with E-state index in [1.807, 2.05) is 0 Å². The first-order chi connectivity index (χ1) is 4.34. The van der Waals surface area contributed by atoms with Crippen LogP contribution in [0.1, 0.15) is 6.42 Å². The zero-order valence-corrected chi connectivity index (χ0v) is 5.33. The molecule has 50 valence electrons. The lowest BCUT2D eigenvalue weighted by atomic mass is 10.1. The van der Waals surface area contributed by atoms with Crippen LogP contribution in [-0.2, 0) is 9.53 Å². The molecular weight excluding hydrogens is 118 g/mol. The van der Waals surface area contributed by atoms with E-state index in [0.29, 0.717) is 0 Å². The van der Waals surface area contributed by atoms with E-state index < -0.39 is 0 Å². The molecule has 3 nitrogen and oxygen atoms in total. The van der Waals surface area contributed by atoms with Crippen molar-refractivity contribution in [1.29, 1.82) is 0 Å². The van der Waals surface area contributed by atoms with Crippen LogP contribution in [0.15, 0.2) is 4.99 Å². The molecule has 0 aliphatic carbocycles. The summed E-state index contributed by atoms with van der Waals surface area (Å²) in [4.78, 5) is 14.6. The van der Waals surface area contributed by atoms with Crippen LogP contribution in [0.25, 0.3) is 0 Å². The summed E-state index contributed by atoms with van der Waals surface area (Å²) in [6.07, 6.45) is 2.47. The summed E-state index contributed by atoms with van der Waals surface area (Å²) in [6, 6.07) is 0. The quantitative estimate of drug-likeness (QED) is 0.473. The molecule has 9 heavy (non-hydrogen) atoms. The monoisotopic (exact) mass is 127 g/mol. The van der Waals surface area contributed by atoms with Gasteiger partial charge in [-0.1, -0.05) is 0 Å². The van der Waals surface area contributed by atoms with Crippen molar-refractivity contribution in [3.05, 3.63) is 0 Å². The maximum Gasteiger partial charge on any atom is 0.314 e. The van der Waals surface area contributed by atoms with Crippen LogP contribution in [-0.4, -0.2) is 25.8 Å². The first-order valence-corrected chi connectivity index (χ1v) is 2.92. The Morgan fingerprint density at radius 2 is 2.67 bits per heavy atom. The molecule has 1 heterocycles. The number of methoxy groups -OCH3 is 1. The van der Waals surface area contributed by atoms with Gasteiger partial charge in [-0.25, -0.2) is 0 Å². The molecule has 0 bridgehead atoms. The summed E-state index contributed by atoms with van der Waals surface area (Å²) in [7, 11) is 1.40. The molecule has 0 spiro atoms. The van der Waals surface area contributed by atoms with Crippen LogP contribution < -0.4 is 0 Å². The smallest absolute Gasteiger partial charge is 0.314 e. The molecule has 0 N–H and O–H groups in total. The molecule has 1 rings (SSSR count). The van der Waals surface area contributed by atoms with E-state index in [-0.39, 0.29) is 11.9 Å². The Hall–Kier alpha value is -0.860. The first-order valence-electron chi connectivity index (χ1n) is 2.92. The number of carbonyl (C=O) groups excluding carboxylic acids is 1. The minimum absolute atomic E-state index is 0.0741. The van der Waals surface area contributed by atoms with Crippen molar-refractivity contribution in [3.8, 4) is 0 Å². The lowest BCUT2D eigenvalue weighted by Crippen LogP contribution is -2.14. The zero-order valence-electron chi connectivity index (χ0n) is 5.33. The van der Waals surface area contributed by atoms with Gasteiger partial charge < -0.3 is 4.74 Å². The summed E-state index contributed by atoms with van der Waals surface area (Å²) in [5.74, 6) is -0.244. The van der Waals surface area contributed by atoms with E-state index in [1.165, 1.54) is 7.11 Å². The van der Waals surface area contributed by atoms with E-state index in [1.54, 1.807) is 6.21 Å². The zero-order chi connectivity index (χ0) is 6.69. The maximum absolute atomic E-state index is 10.7. The third kappa shape index (κ3) is 1.28. The number of hydrogen-bond acceptors (Lipinski definition) is 3. The molecule has 1 unspecified atom stereocenters. The number of aliphatic imine (C=N–C) groups is 1. The number of esters is 1.